The Morgan fingerprint density at radius 1 is 0.919 bits per heavy atom. The molecule has 0 unspecified atom stereocenters. The third kappa shape index (κ3) is 5.68. The third-order valence-corrected chi connectivity index (χ3v) is 7.82. The number of carbonyl (C=O) groups excluding carboxylic acids is 2. The van der Waals surface area contributed by atoms with Crippen molar-refractivity contribution in [1.29, 1.82) is 0 Å². The Hall–Kier alpha value is -3.67. The van der Waals surface area contributed by atoms with Crippen LogP contribution in [0.15, 0.2) is 48.5 Å². The number of aliphatic carboxylic acids is 1. The summed E-state index contributed by atoms with van der Waals surface area (Å²) in [7, 11) is 0. The largest absolute Gasteiger partial charge is 0.480 e. The molecular formula is C31H36N2O4. The van der Waals surface area contributed by atoms with Crippen LogP contribution in [0.1, 0.15) is 71.6 Å². The topological polar surface area (TPSA) is 95.5 Å². The Balaban J connectivity index is 1.66. The first kappa shape index (κ1) is 26.4. The molecule has 0 aliphatic heterocycles. The molecule has 1 aliphatic carbocycles. The van der Waals surface area contributed by atoms with Crippen molar-refractivity contribution in [2.45, 2.75) is 71.8 Å². The Kier molecular flexibility index (Phi) is 7.67. The van der Waals surface area contributed by atoms with Crippen molar-refractivity contribution in [3.8, 4) is 0 Å². The zero-order chi connectivity index (χ0) is 26.7. The maximum absolute atomic E-state index is 13.6. The van der Waals surface area contributed by atoms with Crippen LogP contribution in [0.4, 0.5) is 5.69 Å². The van der Waals surface area contributed by atoms with Gasteiger partial charge in [0.15, 0.2) is 0 Å². The van der Waals surface area contributed by atoms with Gasteiger partial charge in [-0.2, -0.15) is 0 Å². The van der Waals surface area contributed by atoms with Crippen molar-refractivity contribution in [2.75, 3.05) is 5.32 Å². The molecule has 2 amide bonds. The van der Waals surface area contributed by atoms with Crippen molar-refractivity contribution >= 4 is 34.2 Å². The average Bonchev–Trinajstić information content (AvgIpc) is 2.86. The molecule has 3 aromatic carbocycles. The number of hydrogen-bond donors (Lipinski definition) is 3. The minimum atomic E-state index is -1.39. The summed E-state index contributed by atoms with van der Waals surface area (Å²) in [5.74, 6) is -1.91. The van der Waals surface area contributed by atoms with Gasteiger partial charge in [-0.05, 0) is 86.1 Å². The van der Waals surface area contributed by atoms with E-state index in [0.717, 1.165) is 65.1 Å². The molecule has 0 aromatic heterocycles. The van der Waals surface area contributed by atoms with Crippen molar-refractivity contribution in [1.82, 2.24) is 5.32 Å². The van der Waals surface area contributed by atoms with Gasteiger partial charge in [0.2, 0.25) is 5.91 Å². The lowest BCUT2D eigenvalue weighted by molar-refractivity contribution is -0.146. The summed E-state index contributed by atoms with van der Waals surface area (Å²) in [6.45, 7) is 7.62. The molecule has 0 saturated heterocycles. The molecule has 1 saturated carbocycles. The third-order valence-electron chi connectivity index (χ3n) is 7.82. The first-order chi connectivity index (χ1) is 17.6. The van der Waals surface area contributed by atoms with E-state index in [2.05, 4.69) is 22.8 Å². The van der Waals surface area contributed by atoms with Crippen LogP contribution < -0.4 is 10.6 Å². The predicted molar refractivity (Wildman–Crippen MR) is 147 cm³/mol. The van der Waals surface area contributed by atoms with Gasteiger partial charge in [-0.25, -0.2) is 4.79 Å². The monoisotopic (exact) mass is 500 g/mol. The average molecular weight is 501 g/mol. The number of rotatable bonds is 7. The summed E-state index contributed by atoms with van der Waals surface area (Å²) in [4.78, 5) is 39.2. The van der Waals surface area contributed by atoms with Crippen LogP contribution in [-0.4, -0.2) is 28.4 Å². The Labute approximate surface area is 218 Å². The normalized spacial score (nSPS) is 15.7. The lowest BCUT2D eigenvalue weighted by atomic mass is 9.75. The smallest absolute Gasteiger partial charge is 0.329 e. The lowest BCUT2D eigenvalue weighted by Gasteiger charge is -2.37. The van der Waals surface area contributed by atoms with Crippen LogP contribution >= 0.6 is 0 Å². The second kappa shape index (κ2) is 10.8. The fraction of sp³-hybridized carbons (Fsp3) is 0.387. The molecule has 0 spiro atoms. The molecule has 1 fully saturated rings. The zero-order valence-corrected chi connectivity index (χ0v) is 22.1. The van der Waals surface area contributed by atoms with Crippen LogP contribution in [0.5, 0.6) is 0 Å². The number of benzene rings is 3. The van der Waals surface area contributed by atoms with Gasteiger partial charge in [-0.1, -0.05) is 61.2 Å². The van der Waals surface area contributed by atoms with Crippen LogP contribution in [-0.2, 0) is 16.0 Å². The second-order valence-electron chi connectivity index (χ2n) is 10.6. The number of anilines is 1. The SMILES string of the molecule is Cc1cc(C)c(CC(=O)Nc2cc3ccccc3cc2C(=O)N[C@](C)(C(=O)O)C2CCCCC2)c(C)c1. The van der Waals surface area contributed by atoms with E-state index >= 15 is 0 Å². The number of amides is 2. The standard InChI is InChI=1S/C31H36N2O4/c1-19-14-20(2)25(21(3)15-19)18-28(34)32-27-17-23-11-9-8-10-22(23)16-26(27)29(35)33-31(4,30(36)37)24-12-6-5-7-13-24/h8-11,14-17,24H,5-7,12-13,18H2,1-4H3,(H,32,34)(H,33,35)(H,36,37)/t31-/m0/s1. The van der Waals surface area contributed by atoms with Crippen molar-refractivity contribution < 1.29 is 19.5 Å². The molecule has 6 nitrogen and oxygen atoms in total. The molecule has 3 aromatic rings. The number of carbonyl (C=O) groups is 3. The first-order valence-electron chi connectivity index (χ1n) is 13.0. The predicted octanol–water partition coefficient (Wildman–Crippen LogP) is 6.10. The maximum Gasteiger partial charge on any atom is 0.329 e. The Morgan fingerprint density at radius 2 is 1.51 bits per heavy atom. The summed E-state index contributed by atoms with van der Waals surface area (Å²) in [6, 6.07) is 15.2. The molecule has 3 N–H and O–H groups in total. The van der Waals surface area contributed by atoms with Crippen LogP contribution in [0.25, 0.3) is 10.8 Å². The fourth-order valence-electron chi connectivity index (χ4n) is 5.69. The van der Waals surface area contributed by atoms with Gasteiger partial charge in [0.1, 0.15) is 5.54 Å². The zero-order valence-electron chi connectivity index (χ0n) is 22.1. The molecular weight excluding hydrogens is 464 g/mol. The highest BCUT2D eigenvalue weighted by atomic mass is 16.4. The summed E-state index contributed by atoms with van der Waals surface area (Å²) < 4.78 is 0. The van der Waals surface area contributed by atoms with Crippen LogP contribution in [0.3, 0.4) is 0 Å². The molecule has 0 heterocycles. The number of nitrogens with one attached hydrogen (secondary N) is 2. The van der Waals surface area contributed by atoms with E-state index in [1.165, 1.54) is 0 Å². The minimum Gasteiger partial charge on any atom is -0.480 e. The van der Waals surface area contributed by atoms with Gasteiger partial charge in [-0.3, -0.25) is 9.59 Å². The number of carboxylic acid groups (broad SMARTS) is 1. The van der Waals surface area contributed by atoms with Gasteiger partial charge in [0.05, 0.1) is 17.7 Å². The molecule has 194 valence electrons. The van der Waals surface area contributed by atoms with Crippen LogP contribution in [0, 0.1) is 26.7 Å². The molecule has 0 bridgehead atoms. The van der Waals surface area contributed by atoms with E-state index in [0.29, 0.717) is 5.69 Å². The molecule has 37 heavy (non-hydrogen) atoms. The van der Waals surface area contributed by atoms with Gasteiger partial charge >= 0.3 is 5.97 Å². The highest BCUT2D eigenvalue weighted by Crippen LogP contribution is 2.34. The Bertz CT molecular complexity index is 1330. The number of hydrogen-bond acceptors (Lipinski definition) is 3. The van der Waals surface area contributed by atoms with Gasteiger partial charge in [0, 0.05) is 0 Å². The summed E-state index contributed by atoms with van der Waals surface area (Å²) >= 11 is 0. The van der Waals surface area contributed by atoms with Gasteiger partial charge in [-0.15, -0.1) is 0 Å². The highest BCUT2D eigenvalue weighted by molar-refractivity contribution is 6.09. The van der Waals surface area contributed by atoms with E-state index in [9.17, 15) is 19.5 Å². The molecule has 0 radical (unpaired) electrons. The summed E-state index contributed by atoms with van der Waals surface area (Å²) in [6.07, 6.45) is 4.71. The van der Waals surface area contributed by atoms with Gasteiger partial charge < -0.3 is 15.7 Å². The van der Waals surface area contributed by atoms with E-state index in [1.807, 2.05) is 45.0 Å². The van der Waals surface area contributed by atoms with Crippen molar-refractivity contribution in [2.24, 2.45) is 5.92 Å². The number of aryl methyl sites for hydroxylation is 3. The van der Waals surface area contributed by atoms with E-state index in [-0.39, 0.29) is 23.8 Å². The number of carboxylic acids is 1. The molecule has 1 aliphatic rings. The quantitative estimate of drug-likeness (QED) is 0.365. The maximum atomic E-state index is 13.6. The highest BCUT2D eigenvalue weighted by Gasteiger charge is 2.43. The Morgan fingerprint density at radius 3 is 2.11 bits per heavy atom. The summed E-state index contributed by atoms with van der Waals surface area (Å²) in [5, 5.41) is 17.6. The van der Waals surface area contributed by atoms with Gasteiger partial charge in [0.25, 0.3) is 5.91 Å². The molecule has 4 rings (SSSR count). The second-order valence-corrected chi connectivity index (χ2v) is 10.6. The minimum absolute atomic E-state index is 0.145. The van der Waals surface area contributed by atoms with Crippen molar-refractivity contribution in [3.05, 3.63) is 76.3 Å². The van der Waals surface area contributed by atoms with E-state index in [4.69, 9.17) is 0 Å². The summed E-state index contributed by atoms with van der Waals surface area (Å²) in [5.41, 5.74) is 3.45. The molecule has 1 atom stereocenters. The number of fused-ring (bicyclic) bond motifs is 1. The van der Waals surface area contributed by atoms with E-state index in [1.54, 1.807) is 19.1 Å². The van der Waals surface area contributed by atoms with Crippen molar-refractivity contribution in [3.63, 3.8) is 0 Å². The van der Waals surface area contributed by atoms with Crippen LogP contribution in [0.2, 0.25) is 0 Å². The fourth-order valence-corrected chi connectivity index (χ4v) is 5.69. The molecule has 6 heteroatoms. The van der Waals surface area contributed by atoms with E-state index < -0.39 is 17.4 Å². The lowest BCUT2D eigenvalue weighted by Crippen LogP contribution is -2.57. The first-order valence-corrected chi connectivity index (χ1v) is 13.0.